The summed E-state index contributed by atoms with van der Waals surface area (Å²) in [6.45, 7) is 3.56. The number of amides is 1. The topological polar surface area (TPSA) is 119 Å². The molecule has 0 spiro atoms. The van der Waals surface area contributed by atoms with Crippen molar-refractivity contribution in [2.24, 2.45) is 17.5 Å². The van der Waals surface area contributed by atoms with Gasteiger partial charge in [-0.3, -0.25) is 10.2 Å². The second-order valence-corrected chi connectivity index (χ2v) is 3.80. The Morgan fingerprint density at radius 1 is 1.53 bits per heavy atom. The monoisotopic (exact) mass is 242 g/mol. The molecule has 0 bridgehead atoms. The molecular formula is C9H15FN6O. The lowest BCUT2D eigenvalue weighted by atomic mass is 10.0. The molecule has 1 atom stereocenters. The molecule has 8 heteroatoms. The Hall–Kier alpha value is -1.96. The van der Waals surface area contributed by atoms with Gasteiger partial charge in [-0.05, 0) is 5.92 Å². The predicted octanol–water partition coefficient (Wildman–Crippen LogP) is -0.177. The van der Waals surface area contributed by atoms with Crippen LogP contribution in [0.5, 0.6) is 0 Å². The van der Waals surface area contributed by atoms with Crippen LogP contribution in [0.1, 0.15) is 13.8 Å². The van der Waals surface area contributed by atoms with E-state index in [1.807, 2.05) is 0 Å². The first-order valence-corrected chi connectivity index (χ1v) is 5.00. The highest BCUT2D eigenvalue weighted by Gasteiger charge is 2.21. The highest BCUT2D eigenvalue weighted by atomic mass is 19.1. The number of primary amides is 1. The smallest absolute Gasteiger partial charge is 0.240 e. The summed E-state index contributed by atoms with van der Waals surface area (Å²) in [6, 6.07) is -0.718. The minimum Gasteiger partial charge on any atom is -0.368 e. The van der Waals surface area contributed by atoms with Crippen LogP contribution >= 0.6 is 0 Å². The van der Waals surface area contributed by atoms with Crippen molar-refractivity contribution in [2.45, 2.75) is 19.9 Å². The van der Waals surface area contributed by atoms with E-state index >= 15 is 0 Å². The van der Waals surface area contributed by atoms with Gasteiger partial charge >= 0.3 is 0 Å². The molecule has 1 rings (SSSR count). The molecule has 1 unspecified atom stereocenters. The standard InChI is InChI=1S/C9H15FN6O/c1-4(2)6(7(11)17)14-8-5(10)3-13-9(15-8)16-12/h3-4,6H,12H2,1-2H3,(H2,11,17)(H2,13,14,15,16). The number of nitrogens with zero attached hydrogens (tertiary/aromatic N) is 2. The molecule has 0 aliphatic rings. The molecule has 0 radical (unpaired) electrons. The van der Waals surface area contributed by atoms with E-state index in [4.69, 9.17) is 11.6 Å². The number of hydrazine groups is 1. The van der Waals surface area contributed by atoms with Crippen molar-refractivity contribution in [3.05, 3.63) is 12.0 Å². The summed E-state index contributed by atoms with van der Waals surface area (Å²) in [5.74, 6) is 3.66. The van der Waals surface area contributed by atoms with Crippen LogP contribution in [0.15, 0.2) is 6.20 Å². The van der Waals surface area contributed by atoms with Gasteiger partial charge in [0.1, 0.15) is 6.04 Å². The number of halogens is 1. The summed E-state index contributed by atoms with van der Waals surface area (Å²) >= 11 is 0. The fourth-order valence-corrected chi connectivity index (χ4v) is 1.25. The summed E-state index contributed by atoms with van der Waals surface area (Å²) in [4.78, 5) is 18.5. The maximum absolute atomic E-state index is 13.4. The zero-order valence-corrected chi connectivity index (χ0v) is 9.57. The van der Waals surface area contributed by atoms with E-state index in [1.54, 1.807) is 13.8 Å². The Bertz CT molecular complexity index is 410. The normalized spacial score (nSPS) is 12.3. The fourth-order valence-electron chi connectivity index (χ4n) is 1.25. The third kappa shape index (κ3) is 3.25. The molecular weight excluding hydrogens is 227 g/mol. The van der Waals surface area contributed by atoms with Gasteiger partial charge in [-0.25, -0.2) is 15.2 Å². The molecule has 0 saturated heterocycles. The molecule has 17 heavy (non-hydrogen) atoms. The summed E-state index contributed by atoms with van der Waals surface area (Å²) in [5, 5.41) is 2.62. The van der Waals surface area contributed by atoms with E-state index in [9.17, 15) is 9.18 Å². The number of nitrogen functional groups attached to an aromatic ring is 1. The van der Waals surface area contributed by atoms with Crippen molar-refractivity contribution in [1.29, 1.82) is 0 Å². The van der Waals surface area contributed by atoms with E-state index in [1.165, 1.54) is 0 Å². The van der Waals surface area contributed by atoms with Gasteiger partial charge < -0.3 is 11.1 Å². The molecule has 1 aromatic rings. The molecule has 0 fully saturated rings. The fraction of sp³-hybridized carbons (Fsp3) is 0.444. The van der Waals surface area contributed by atoms with Crippen LogP contribution in [0, 0.1) is 11.7 Å². The first-order chi connectivity index (χ1) is 7.95. The van der Waals surface area contributed by atoms with Crippen molar-refractivity contribution in [1.82, 2.24) is 9.97 Å². The molecule has 0 aromatic carbocycles. The van der Waals surface area contributed by atoms with E-state index in [-0.39, 0.29) is 17.7 Å². The number of hydrogen-bond acceptors (Lipinski definition) is 6. The molecule has 1 aromatic heterocycles. The number of carbonyl (C=O) groups excluding carboxylic acids is 1. The average Bonchev–Trinajstić information content (AvgIpc) is 2.27. The SMILES string of the molecule is CC(C)C(Nc1nc(NN)ncc1F)C(N)=O. The van der Waals surface area contributed by atoms with Gasteiger partial charge in [0.25, 0.3) is 0 Å². The summed E-state index contributed by atoms with van der Waals surface area (Å²) in [6.07, 6.45) is 0.947. The second kappa shape index (κ2) is 5.39. The minimum atomic E-state index is -0.718. The first-order valence-electron chi connectivity index (χ1n) is 5.00. The van der Waals surface area contributed by atoms with Crippen LogP contribution in [-0.4, -0.2) is 21.9 Å². The zero-order valence-electron chi connectivity index (χ0n) is 9.57. The molecule has 7 nitrogen and oxygen atoms in total. The van der Waals surface area contributed by atoms with Crippen LogP contribution in [0.3, 0.4) is 0 Å². The van der Waals surface area contributed by atoms with E-state index in [0.29, 0.717) is 0 Å². The lowest BCUT2D eigenvalue weighted by Gasteiger charge is -2.19. The molecule has 1 heterocycles. The lowest BCUT2D eigenvalue weighted by molar-refractivity contribution is -0.119. The van der Waals surface area contributed by atoms with Gasteiger partial charge in [0.15, 0.2) is 11.6 Å². The highest BCUT2D eigenvalue weighted by Crippen LogP contribution is 2.15. The Labute approximate surface area is 97.8 Å². The van der Waals surface area contributed by atoms with Gasteiger partial charge in [-0.2, -0.15) is 4.98 Å². The number of nitrogens with one attached hydrogen (secondary N) is 2. The molecule has 6 N–H and O–H groups in total. The number of rotatable bonds is 5. The maximum atomic E-state index is 13.4. The zero-order chi connectivity index (χ0) is 13.0. The van der Waals surface area contributed by atoms with Crippen molar-refractivity contribution >= 4 is 17.7 Å². The van der Waals surface area contributed by atoms with Crippen LogP contribution in [0.25, 0.3) is 0 Å². The summed E-state index contributed by atoms with van der Waals surface area (Å²) in [5.41, 5.74) is 7.38. The molecule has 94 valence electrons. The lowest BCUT2D eigenvalue weighted by Crippen LogP contribution is -2.40. The van der Waals surface area contributed by atoms with Crippen LogP contribution in [0.4, 0.5) is 16.2 Å². The number of nitrogens with two attached hydrogens (primary N) is 2. The number of carbonyl (C=O) groups is 1. The second-order valence-electron chi connectivity index (χ2n) is 3.80. The molecule has 0 aliphatic carbocycles. The van der Waals surface area contributed by atoms with E-state index in [0.717, 1.165) is 6.20 Å². The van der Waals surface area contributed by atoms with Gasteiger partial charge in [-0.1, -0.05) is 13.8 Å². The van der Waals surface area contributed by atoms with Gasteiger partial charge in [-0.15, -0.1) is 0 Å². The molecule has 0 saturated carbocycles. The summed E-state index contributed by atoms with van der Waals surface area (Å²) < 4.78 is 13.4. The largest absolute Gasteiger partial charge is 0.368 e. The van der Waals surface area contributed by atoms with E-state index in [2.05, 4.69) is 20.7 Å². The molecule has 1 amide bonds. The van der Waals surface area contributed by atoms with Crippen molar-refractivity contribution in [2.75, 3.05) is 10.7 Å². The van der Waals surface area contributed by atoms with Crippen molar-refractivity contribution in [3.63, 3.8) is 0 Å². The number of anilines is 2. The minimum absolute atomic E-state index is 0.0425. The number of aromatic nitrogens is 2. The Morgan fingerprint density at radius 2 is 2.18 bits per heavy atom. The summed E-state index contributed by atoms with van der Waals surface area (Å²) in [7, 11) is 0. The van der Waals surface area contributed by atoms with Crippen molar-refractivity contribution in [3.8, 4) is 0 Å². The Kier molecular flexibility index (Phi) is 4.16. The van der Waals surface area contributed by atoms with Gasteiger partial charge in [0.2, 0.25) is 11.9 Å². The third-order valence-corrected chi connectivity index (χ3v) is 2.14. The van der Waals surface area contributed by atoms with Crippen LogP contribution in [0.2, 0.25) is 0 Å². The van der Waals surface area contributed by atoms with Gasteiger partial charge in [0, 0.05) is 0 Å². The third-order valence-electron chi connectivity index (χ3n) is 2.14. The molecule has 0 aliphatic heterocycles. The Morgan fingerprint density at radius 3 is 2.65 bits per heavy atom. The average molecular weight is 242 g/mol. The highest BCUT2D eigenvalue weighted by molar-refractivity contribution is 5.83. The van der Waals surface area contributed by atoms with Crippen LogP contribution in [-0.2, 0) is 4.79 Å². The predicted molar refractivity (Wildman–Crippen MR) is 61.2 cm³/mol. The first kappa shape index (κ1) is 13.1. The van der Waals surface area contributed by atoms with Crippen molar-refractivity contribution < 1.29 is 9.18 Å². The Balaban J connectivity index is 2.96. The maximum Gasteiger partial charge on any atom is 0.240 e. The van der Waals surface area contributed by atoms with Crippen LogP contribution < -0.4 is 22.3 Å². The quantitative estimate of drug-likeness (QED) is 0.420. The van der Waals surface area contributed by atoms with E-state index < -0.39 is 17.8 Å². The number of hydrogen-bond donors (Lipinski definition) is 4. The van der Waals surface area contributed by atoms with Gasteiger partial charge in [0.05, 0.1) is 6.20 Å².